The van der Waals surface area contributed by atoms with Crippen molar-refractivity contribution >= 4 is 46.0 Å². The summed E-state index contributed by atoms with van der Waals surface area (Å²) in [6.07, 6.45) is 0. The molecule has 0 atom stereocenters. The van der Waals surface area contributed by atoms with Gasteiger partial charge in [-0.1, -0.05) is 11.6 Å². The molecule has 0 radical (unpaired) electrons. The Hall–Kier alpha value is -0.820. The molecule has 4 nitrogen and oxygen atoms in total. The summed E-state index contributed by atoms with van der Waals surface area (Å²) in [6, 6.07) is 5.04. The van der Waals surface area contributed by atoms with E-state index in [1.165, 1.54) is 0 Å². The molecule has 0 saturated heterocycles. The summed E-state index contributed by atoms with van der Waals surface area (Å²) in [7, 11) is 0. The molecule has 6 heteroatoms. The number of nitrogens with one attached hydrogen (secondary N) is 2. The fourth-order valence-corrected chi connectivity index (χ4v) is 2.42. The molecule has 0 aliphatic rings. The van der Waals surface area contributed by atoms with E-state index in [2.05, 4.69) is 10.6 Å². The molecule has 98 valence electrons. The maximum atomic E-state index is 11.8. The lowest BCUT2D eigenvalue weighted by atomic mass is 10.2. The molecule has 1 aromatic carbocycles. The minimum absolute atomic E-state index is 0.0320. The molecule has 18 heavy (non-hydrogen) atoms. The third kappa shape index (κ3) is 4.81. The smallest absolute Gasteiger partial charge is 0.252 e. The fourth-order valence-electron chi connectivity index (χ4n) is 1.30. The zero-order chi connectivity index (χ0) is 13.7. The van der Waals surface area contributed by atoms with Crippen molar-refractivity contribution in [3.05, 3.63) is 32.4 Å². The highest BCUT2D eigenvalue weighted by Gasteiger charge is 2.11. The van der Waals surface area contributed by atoms with Crippen LogP contribution in [0.1, 0.15) is 24.2 Å². The van der Waals surface area contributed by atoms with Gasteiger partial charge in [0, 0.05) is 14.6 Å². The molecule has 2 amide bonds. The maximum absolute atomic E-state index is 11.8. The van der Waals surface area contributed by atoms with Crippen molar-refractivity contribution in [2.75, 3.05) is 6.54 Å². The summed E-state index contributed by atoms with van der Waals surface area (Å²) < 4.78 is 0.752. The molecular formula is C12H14ClIN2O2. The van der Waals surface area contributed by atoms with Gasteiger partial charge in [0.05, 0.1) is 12.1 Å². The SMILES string of the molecule is CC(C)NC(=O)CNC(=O)c1ccc(Cl)cc1I. The minimum atomic E-state index is -0.282. The van der Waals surface area contributed by atoms with E-state index in [1.54, 1.807) is 18.2 Å². The monoisotopic (exact) mass is 380 g/mol. The molecule has 0 aliphatic heterocycles. The Morgan fingerprint density at radius 1 is 1.39 bits per heavy atom. The van der Waals surface area contributed by atoms with Crippen molar-refractivity contribution in [1.29, 1.82) is 0 Å². The van der Waals surface area contributed by atoms with Crippen molar-refractivity contribution in [2.24, 2.45) is 0 Å². The Morgan fingerprint density at radius 3 is 2.61 bits per heavy atom. The average Bonchev–Trinajstić information content (AvgIpc) is 2.25. The van der Waals surface area contributed by atoms with Gasteiger partial charge in [0.2, 0.25) is 5.91 Å². The van der Waals surface area contributed by atoms with E-state index in [1.807, 2.05) is 36.4 Å². The van der Waals surface area contributed by atoms with E-state index < -0.39 is 0 Å². The van der Waals surface area contributed by atoms with Gasteiger partial charge in [0.15, 0.2) is 0 Å². The summed E-state index contributed by atoms with van der Waals surface area (Å²) in [6.45, 7) is 3.69. The van der Waals surface area contributed by atoms with Crippen molar-refractivity contribution in [2.45, 2.75) is 19.9 Å². The molecular weight excluding hydrogens is 367 g/mol. The molecule has 0 aromatic heterocycles. The first-order valence-corrected chi connectivity index (χ1v) is 6.88. The molecule has 0 unspecified atom stereocenters. The largest absolute Gasteiger partial charge is 0.352 e. The zero-order valence-electron chi connectivity index (χ0n) is 10.1. The van der Waals surface area contributed by atoms with E-state index in [4.69, 9.17) is 11.6 Å². The number of carbonyl (C=O) groups excluding carboxylic acids is 2. The normalized spacial score (nSPS) is 10.3. The van der Waals surface area contributed by atoms with Crippen LogP contribution in [0.4, 0.5) is 0 Å². The first kappa shape index (κ1) is 15.2. The Morgan fingerprint density at radius 2 is 2.06 bits per heavy atom. The minimum Gasteiger partial charge on any atom is -0.352 e. The van der Waals surface area contributed by atoms with Crippen molar-refractivity contribution in [1.82, 2.24) is 10.6 Å². The molecule has 0 fully saturated rings. The van der Waals surface area contributed by atoms with Gasteiger partial charge in [-0.05, 0) is 54.6 Å². The van der Waals surface area contributed by atoms with Gasteiger partial charge in [-0.25, -0.2) is 0 Å². The molecule has 1 rings (SSSR count). The summed E-state index contributed by atoms with van der Waals surface area (Å²) >= 11 is 7.84. The van der Waals surface area contributed by atoms with E-state index in [9.17, 15) is 9.59 Å². The van der Waals surface area contributed by atoms with E-state index in [-0.39, 0.29) is 24.4 Å². The molecule has 0 saturated carbocycles. The van der Waals surface area contributed by atoms with Crippen LogP contribution in [0.25, 0.3) is 0 Å². The Balaban J connectivity index is 2.58. The lowest BCUT2D eigenvalue weighted by Crippen LogP contribution is -2.39. The van der Waals surface area contributed by atoms with Gasteiger partial charge >= 0.3 is 0 Å². The number of benzene rings is 1. The first-order valence-electron chi connectivity index (χ1n) is 5.42. The van der Waals surface area contributed by atoms with Crippen molar-refractivity contribution < 1.29 is 9.59 Å². The topological polar surface area (TPSA) is 58.2 Å². The second-order valence-electron chi connectivity index (χ2n) is 4.03. The molecule has 0 spiro atoms. The summed E-state index contributed by atoms with van der Waals surface area (Å²) in [5, 5.41) is 5.84. The Bertz CT molecular complexity index is 463. The average molecular weight is 381 g/mol. The summed E-state index contributed by atoms with van der Waals surface area (Å²) in [5.41, 5.74) is 0.511. The number of halogens is 2. The lowest BCUT2D eigenvalue weighted by Gasteiger charge is -2.10. The van der Waals surface area contributed by atoms with E-state index >= 15 is 0 Å². The number of rotatable bonds is 4. The first-order chi connectivity index (χ1) is 8.40. The van der Waals surface area contributed by atoms with Crippen LogP contribution in [0.3, 0.4) is 0 Å². The van der Waals surface area contributed by atoms with Gasteiger partial charge in [0.1, 0.15) is 0 Å². The number of amides is 2. The lowest BCUT2D eigenvalue weighted by molar-refractivity contribution is -0.120. The van der Waals surface area contributed by atoms with Crippen LogP contribution in [0.2, 0.25) is 5.02 Å². The predicted molar refractivity (Wildman–Crippen MR) is 79.8 cm³/mol. The van der Waals surface area contributed by atoms with E-state index in [0.29, 0.717) is 10.6 Å². The highest BCUT2D eigenvalue weighted by atomic mass is 127. The maximum Gasteiger partial charge on any atom is 0.252 e. The predicted octanol–water partition coefficient (Wildman–Crippen LogP) is 2.20. The Kier molecular flexibility index (Phi) is 5.87. The van der Waals surface area contributed by atoms with Crippen LogP contribution < -0.4 is 10.6 Å². The van der Waals surface area contributed by atoms with Gasteiger partial charge < -0.3 is 10.6 Å². The Labute approximate surface area is 125 Å². The standard InChI is InChI=1S/C12H14ClIN2O2/c1-7(2)16-11(17)6-15-12(18)9-4-3-8(13)5-10(9)14/h3-5,7H,6H2,1-2H3,(H,15,18)(H,16,17). The van der Waals surface area contributed by atoms with E-state index in [0.717, 1.165) is 3.57 Å². The second-order valence-corrected chi connectivity index (χ2v) is 5.63. The second kappa shape index (κ2) is 6.94. The van der Waals surface area contributed by atoms with Crippen molar-refractivity contribution in [3.63, 3.8) is 0 Å². The molecule has 0 bridgehead atoms. The van der Waals surface area contributed by atoms with Gasteiger partial charge in [0.25, 0.3) is 5.91 Å². The van der Waals surface area contributed by atoms with Crippen LogP contribution in [-0.4, -0.2) is 24.4 Å². The van der Waals surface area contributed by atoms with Gasteiger partial charge in [-0.3, -0.25) is 9.59 Å². The third-order valence-electron chi connectivity index (χ3n) is 2.03. The molecule has 1 aromatic rings. The fraction of sp³-hybridized carbons (Fsp3) is 0.333. The van der Waals surface area contributed by atoms with Gasteiger partial charge in [-0.15, -0.1) is 0 Å². The third-order valence-corrected chi connectivity index (χ3v) is 3.16. The van der Waals surface area contributed by atoms with Crippen LogP contribution in [0.15, 0.2) is 18.2 Å². The quantitative estimate of drug-likeness (QED) is 0.787. The van der Waals surface area contributed by atoms with Crippen LogP contribution in [0.5, 0.6) is 0 Å². The number of hydrogen-bond donors (Lipinski definition) is 2. The number of hydrogen-bond acceptors (Lipinski definition) is 2. The summed E-state index contributed by atoms with van der Waals surface area (Å²) in [4.78, 5) is 23.2. The molecule has 2 N–H and O–H groups in total. The van der Waals surface area contributed by atoms with Crippen LogP contribution in [-0.2, 0) is 4.79 Å². The van der Waals surface area contributed by atoms with Gasteiger partial charge in [-0.2, -0.15) is 0 Å². The molecule has 0 heterocycles. The highest BCUT2D eigenvalue weighted by molar-refractivity contribution is 14.1. The van der Waals surface area contributed by atoms with Crippen molar-refractivity contribution in [3.8, 4) is 0 Å². The van der Waals surface area contributed by atoms with Crippen LogP contribution in [0, 0.1) is 3.57 Å². The highest BCUT2D eigenvalue weighted by Crippen LogP contribution is 2.17. The summed E-state index contributed by atoms with van der Waals surface area (Å²) in [5.74, 6) is -0.489. The molecule has 0 aliphatic carbocycles. The number of carbonyl (C=O) groups is 2. The van der Waals surface area contributed by atoms with Crippen LogP contribution >= 0.6 is 34.2 Å². The zero-order valence-corrected chi connectivity index (χ0v) is 13.0.